The molecule has 0 spiro atoms. The molecular weight excluding hydrogens is 243 g/mol. The fourth-order valence-corrected chi connectivity index (χ4v) is 2.29. The molecule has 0 aromatic heterocycles. The van der Waals surface area contributed by atoms with E-state index < -0.39 is 5.60 Å². The standard InChI is InChI=1S/C13H14ClFO2/c1-17-13(5-2-6-13)12(16)8-9-7-10(15)3-4-11(9)14/h3-4,7H,2,5-6,8H2,1H3. The average Bonchev–Trinajstić information content (AvgIpc) is 2.23. The van der Waals surface area contributed by atoms with Gasteiger partial charge < -0.3 is 4.74 Å². The summed E-state index contributed by atoms with van der Waals surface area (Å²) in [6, 6.07) is 4.06. The van der Waals surface area contributed by atoms with Crippen LogP contribution >= 0.6 is 11.6 Å². The Morgan fingerprint density at radius 1 is 1.53 bits per heavy atom. The molecule has 0 N–H and O–H groups in total. The summed E-state index contributed by atoms with van der Waals surface area (Å²) in [6.07, 6.45) is 2.62. The maximum atomic E-state index is 13.1. The Morgan fingerprint density at radius 3 is 2.76 bits per heavy atom. The lowest BCUT2D eigenvalue weighted by Gasteiger charge is -2.38. The van der Waals surface area contributed by atoms with E-state index in [1.54, 1.807) is 7.11 Å². The lowest BCUT2D eigenvalue weighted by Crippen LogP contribution is -2.47. The zero-order chi connectivity index (χ0) is 12.5. The van der Waals surface area contributed by atoms with Crippen LogP contribution in [0.25, 0.3) is 0 Å². The molecule has 92 valence electrons. The maximum Gasteiger partial charge on any atom is 0.169 e. The van der Waals surface area contributed by atoms with Gasteiger partial charge in [-0.1, -0.05) is 11.6 Å². The highest BCUT2D eigenvalue weighted by Crippen LogP contribution is 2.37. The molecule has 0 aliphatic heterocycles. The predicted molar refractivity (Wildman–Crippen MR) is 63.7 cm³/mol. The molecule has 1 aromatic rings. The van der Waals surface area contributed by atoms with Crippen molar-refractivity contribution in [3.63, 3.8) is 0 Å². The van der Waals surface area contributed by atoms with Crippen LogP contribution in [-0.4, -0.2) is 18.5 Å². The Morgan fingerprint density at radius 2 is 2.24 bits per heavy atom. The molecular formula is C13H14ClFO2. The van der Waals surface area contributed by atoms with Crippen LogP contribution in [0.15, 0.2) is 18.2 Å². The first-order valence-electron chi connectivity index (χ1n) is 5.60. The van der Waals surface area contributed by atoms with E-state index in [1.807, 2.05) is 0 Å². The lowest BCUT2D eigenvalue weighted by molar-refractivity contribution is -0.151. The van der Waals surface area contributed by atoms with Gasteiger partial charge >= 0.3 is 0 Å². The predicted octanol–water partition coefficient (Wildman–Crippen LogP) is 3.16. The number of hydrogen-bond donors (Lipinski definition) is 0. The smallest absolute Gasteiger partial charge is 0.169 e. The number of carbonyl (C=O) groups excluding carboxylic acids is 1. The number of ether oxygens (including phenoxy) is 1. The Bertz CT molecular complexity index is 436. The highest BCUT2D eigenvalue weighted by Gasteiger charge is 2.43. The van der Waals surface area contributed by atoms with E-state index in [4.69, 9.17) is 16.3 Å². The molecule has 17 heavy (non-hydrogen) atoms. The first-order valence-corrected chi connectivity index (χ1v) is 5.97. The van der Waals surface area contributed by atoms with Crippen LogP contribution in [0.4, 0.5) is 4.39 Å². The highest BCUT2D eigenvalue weighted by molar-refractivity contribution is 6.31. The highest BCUT2D eigenvalue weighted by atomic mass is 35.5. The van der Waals surface area contributed by atoms with Gasteiger partial charge in [0.2, 0.25) is 0 Å². The van der Waals surface area contributed by atoms with Crippen molar-refractivity contribution in [2.24, 2.45) is 0 Å². The summed E-state index contributed by atoms with van der Waals surface area (Å²) in [4.78, 5) is 12.1. The summed E-state index contributed by atoms with van der Waals surface area (Å²) < 4.78 is 18.4. The SMILES string of the molecule is COC1(C(=O)Cc2cc(F)ccc2Cl)CCC1. The number of methoxy groups -OCH3 is 1. The summed E-state index contributed by atoms with van der Waals surface area (Å²) >= 11 is 5.94. The fourth-order valence-electron chi connectivity index (χ4n) is 2.11. The van der Waals surface area contributed by atoms with E-state index in [9.17, 15) is 9.18 Å². The zero-order valence-corrected chi connectivity index (χ0v) is 10.4. The van der Waals surface area contributed by atoms with Crippen molar-refractivity contribution >= 4 is 17.4 Å². The summed E-state index contributed by atoms with van der Waals surface area (Å²) in [6.45, 7) is 0. The van der Waals surface area contributed by atoms with E-state index in [1.165, 1.54) is 18.2 Å². The second-order valence-corrected chi connectivity index (χ2v) is 4.79. The maximum absolute atomic E-state index is 13.1. The molecule has 0 bridgehead atoms. The Hall–Kier alpha value is -0.930. The molecule has 0 unspecified atom stereocenters. The van der Waals surface area contributed by atoms with Crippen LogP contribution in [0, 0.1) is 5.82 Å². The van der Waals surface area contributed by atoms with E-state index in [2.05, 4.69) is 0 Å². The van der Waals surface area contributed by atoms with Crippen molar-refractivity contribution in [2.45, 2.75) is 31.3 Å². The van der Waals surface area contributed by atoms with Crippen molar-refractivity contribution in [3.8, 4) is 0 Å². The van der Waals surface area contributed by atoms with Gasteiger partial charge in [0.05, 0.1) is 0 Å². The molecule has 0 saturated heterocycles. The molecule has 1 aromatic carbocycles. The molecule has 4 heteroatoms. The third kappa shape index (κ3) is 2.35. The molecule has 1 fully saturated rings. The molecule has 1 aliphatic rings. The van der Waals surface area contributed by atoms with Crippen LogP contribution in [0.5, 0.6) is 0 Å². The number of benzene rings is 1. The third-order valence-corrected chi connectivity index (χ3v) is 3.79. The summed E-state index contributed by atoms with van der Waals surface area (Å²) in [5.74, 6) is -0.393. The van der Waals surface area contributed by atoms with Crippen LogP contribution in [0.1, 0.15) is 24.8 Å². The van der Waals surface area contributed by atoms with E-state index in [-0.39, 0.29) is 18.0 Å². The van der Waals surface area contributed by atoms with Crippen molar-refractivity contribution in [1.29, 1.82) is 0 Å². The molecule has 0 heterocycles. The normalized spacial score (nSPS) is 17.6. The first kappa shape index (κ1) is 12.5. The number of Topliss-reactive ketones (excluding diaryl/α,β-unsaturated/α-hetero) is 1. The average molecular weight is 257 g/mol. The van der Waals surface area contributed by atoms with Gasteiger partial charge in [-0.05, 0) is 43.0 Å². The number of halogens is 2. The van der Waals surface area contributed by atoms with Gasteiger partial charge in [0.1, 0.15) is 11.4 Å². The van der Waals surface area contributed by atoms with Crippen LogP contribution < -0.4 is 0 Å². The van der Waals surface area contributed by atoms with Gasteiger partial charge in [-0.25, -0.2) is 4.39 Å². The number of rotatable bonds is 4. The minimum Gasteiger partial charge on any atom is -0.370 e. The minimum atomic E-state index is -0.657. The van der Waals surface area contributed by atoms with Crippen molar-refractivity contribution in [3.05, 3.63) is 34.6 Å². The molecule has 1 aliphatic carbocycles. The third-order valence-electron chi connectivity index (χ3n) is 3.42. The van der Waals surface area contributed by atoms with E-state index in [0.29, 0.717) is 10.6 Å². The van der Waals surface area contributed by atoms with Gasteiger partial charge in [-0.15, -0.1) is 0 Å². The fraction of sp³-hybridized carbons (Fsp3) is 0.462. The minimum absolute atomic E-state index is 0.0150. The monoisotopic (exact) mass is 256 g/mol. The molecule has 2 rings (SSSR count). The second-order valence-electron chi connectivity index (χ2n) is 4.39. The number of ketones is 1. The largest absolute Gasteiger partial charge is 0.370 e. The number of carbonyl (C=O) groups is 1. The van der Waals surface area contributed by atoms with Gasteiger partial charge in [0.15, 0.2) is 5.78 Å². The van der Waals surface area contributed by atoms with Crippen molar-refractivity contribution in [1.82, 2.24) is 0 Å². The Kier molecular flexibility index (Phi) is 3.50. The molecule has 1 saturated carbocycles. The second kappa shape index (κ2) is 4.75. The summed E-state index contributed by atoms with van der Waals surface area (Å²) in [5, 5.41) is 0.422. The summed E-state index contributed by atoms with van der Waals surface area (Å²) in [5.41, 5.74) is -0.129. The molecule has 0 atom stereocenters. The van der Waals surface area contributed by atoms with Gasteiger partial charge in [-0.3, -0.25) is 4.79 Å². The van der Waals surface area contributed by atoms with E-state index >= 15 is 0 Å². The Balaban J connectivity index is 2.15. The van der Waals surface area contributed by atoms with Gasteiger partial charge in [0.25, 0.3) is 0 Å². The van der Waals surface area contributed by atoms with Crippen LogP contribution in [-0.2, 0) is 16.0 Å². The lowest BCUT2D eigenvalue weighted by atomic mass is 9.75. The first-order chi connectivity index (χ1) is 8.07. The van der Waals surface area contributed by atoms with Gasteiger partial charge in [0, 0.05) is 18.6 Å². The molecule has 0 amide bonds. The zero-order valence-electron chi connectivity index (χ0n) is 9.63. The van der Waals surface area contributed by atoms with Crippen LogP contribution in [0.3, 0.4) is 0 Å². The van der Waals surface area contributed by atoms with Crippen molar-refractivity contribution < 1.29 is 13.9 Å². The van der Waals surface area contributed by atoms with Crippen molar-refractivity contribution in [2.75, 3.05) is 7.11 Å². The quantitative estimate of drug-likeness (QED) is 0.827. The van der Waals surface area contributed by atoms with E-state index in [0.717, 1.165) is 19.3 Å². The molecule has 2 nitrogen and oxygen atoms in total. The summed E-state index contributed by atoms with van der Waals surface area (Å²) in [7, 11) is 1.55. The topological polar surface area (TPSA) is 26.3 Å². The van der Waals surface area contributed by atoms with Crippen LogP contribution in [0.2, 0.25) is 5.02 Å². The Labute approximate surface area is 105 Å². The van der Waals surface area contributed by atoms with Gasteiger partial charge in [-0.2, -0.15) is 0 Å². The molecule has 0 radical (unpaired) electrons. The number of hydrogen-bond acceptors (Lipinski definition) is 2.